The van der Waals surface area contributed by atoms with Crippen LogP contribution in [0.15, 0.2) is 24.3 Å². The van der Waals surface area contributed by atoms with E-state index in [0.29, 0.717) is 0 Å². The highest BCUT2D eigenvalue weighted by molar-refractivity contribution is 6.27. The lowest BCUT2D eigenvalue weighted by Crippen LogP contribution is -2.47. The molecule has 5 heteroatoms. The number of nitrogens with zero attached hydrogens (tertiary/aromatic N) is 1. The molecule has 0 aliphatic heterocycles. The van der Waals surface area contributed by atoms with Gasteiger partial charge in [-0.15, -0.1) is 11.6 Å². The average Bonchev–Trinajstić information content (AvgIpc) is 3.29. The molecule has 1 N–H and O–H groups in total. The molecule has 3 rings (SSSR count). The molecule has 130 valence electrons. The van der Waals surface area contributed by atoms with E-state index in [9.17, 15) is 9.59 Å². The van der Waals surface area contributed by atoms with E-state index < -0.39 is 6.04 Å². The number of aryl methyl sites for hydroxylation is 1. The first-order valence-corrected chi connectivity index (χ1v) is 9.37. The molecule has 2 fully saturated rings. The van der Waals surface area contributed by atoms with E-state index in [0.717, 1.165) is 49.7 Å². The largest absolute Gasteiger partial charge is 0.351 e. The van der Waals surface area contributed by atoms with Gasteiger partial charge in [0.25, 0.3) is 0 Å². The third-order valence-corrected chi connectivity index (χ3v) is 5.19. The number of carbonyl (C=O) groups is 2. The summed E-state index contributed by atoms with van der Waals surface area (Å²) in [4.78, 5) is 27.2. The summed E-state index contributed by atoms with van der Waals surface area (Å²) in [7, 11) is 0. The van der Waals surface area contributed by atoms with Crippen molar-refractivity contribution in [2.45, 2.75) is 63.6 Å². The summed E-state index contributed by atoms with van der Waals surface area (Å²) < 4.78 is 0. The van der Waals surface area contributed by atoms with E-state index in [1.807, 2.05) is 31.2 Å². The van der Waals surface area contributed by atoms with Crippen LogP contribution in [0.5, 0.6) is 0 Å². The molecule has 0 saturated heterocycles. The smallest absolute Gasteiger partial charge is 0.247 e. The van der Waals surface area contributed by atoms with Gasteiger partial charge in [0.2, 0.25) is 11.8 Å². The molecule has 0 spiro atoms. The summed E-state index contributed by atoms with van der Waals surface area (Å²) in [6, 6.07) is 7.67. The fraction of sp³-hybridized carbons (Fsp3) is 0.579. The number of halogens is 1. The van der Waals surface area contributed by atoms with Gasteiger partial charge in [0.05, 0.1) is 0 Å². The molecule has 2 amide bonds. The number of amides is 2. The lowest BCUT2D eigenvalue weighted by atomic mass is 10.0. The van der Waals surface area contributed by atoms with Crippen molar-refractivity contribution in [3.8, 4) is 0 Å². The SMILES string of the molecule is Cc1ccc([C@H](C(=O)NC2CCCC2)N(C(=O)CCl)C2CC2)cc1. The Morgan fingerprint density at radius 2 is 1.79 bits per heavy atom. The van der Waals surface area contributed by atoms with Crippen molar-refractivity contribution >= 4 is 23.4 Å². The molecular formula is C19H25ClN2O2. The summed E-state index contributed by atoms with van der Waals surface area (Å²) in [5.74, 6) is -0.322. The van der Waals surface area contributed by atoms with Crippen LogP contribution < -0.4 is 5.32 Å². The summed E-state index contributed by atoms with van der Waals surface area (Å²) in [6.45, 7) is 2.01. The minimum atomic E-state index is -0.579. The van der Waals surface area contributed by atoms with Gasteiger partial charge in [0, 0.05) is 12.1 Å². The van der Waals surface area contributed by atoms with Gasteiger partial charge in [0.15, 0.2) is 0 Å². The highest BCUT2D eigenvalue weighted by Crippen LogP contribution is 2.35. The standard InChI is InChI=1S/C19H25ClN2O2/c1-13-6-8-14(9-7-13)18(19(24)21-15-4-2-3-5-15)22(16-10-11-16)17(23)12-20/h6-9,15-16,18H,2-5,10-12H2,1H3,(H,21,24)/t18-/m1/s1. The van der Waals surface area contributed by atoms with Crippen molar-refractivity contribution in [3.05, 3.63) is 35.4 Å². The molecule has 0 unspecified atom stereocenters. The van der Waals surface area contributed by atoms with Gasteiger partial charge in [-0.25, -0.2) is 0 Å². The summed E-state index contributed by atoms with van der Waals surface area (Å²) >= 11 is 5.83. The second-order valence-electron chi connectivity index (χ2n) is 6.97. The van der Waals surface area contributed by atoms with Crippen LogP contribution in [0.4, 0.5) is 0 Å². The van der Waals surface area contributed by atoms with Gasteiger partial charge in [-0.2, -0.15) is 0 Å². The number of benzene rings is 1. The number of hydrogen-bond donors (Lipinski definition) is 1. The van der Waals surface area contributed by atoms with Crippen molar-refractivity contribution in [1.82, 2.24) is 10.2 Å². The monoisotopic (exact) mass is 348 g/mol. The highest BCUT2D eigenvalue weighted by Gasteiger charge is 2.41. The Hall–Kier alpha value is -1.55. The maximum absolute atomic E-state index is 13.0. The minimum Gasteiger partial charge on any atom is -0.351 e. The molecule has 1 aromatic rings. The predicted molar refractivity (Wildman–Crippen MR) is 94.9 cm³/mol. The Morgan fingerprint density at radius 1 is 1.17 bits per heavy atom. The van der Waals surface area contributed by atoms with E-state index in [-0.39, 0.29) is 29.8 Å². The number of alkyl halides is 1. The van der Waals surface area contributed by atoms with Crippen LogP contribution in [0.25, 0.3) is 0 Å². The third kappa shape index (κ3) is 3.92. The van der Waals surface area contributed by atoms with E-state index in [1.165, 1.54) is 0 Å². The van der Waals surface area contributed by atoms with E-state index in [1.54, 1.807) is 4.90 Å². The topological polar surface area (TPSA) is 49.4 Å². The maximum Gasteiger partial charge on any atom is 0.247 e. The van der Waals surface area contributed by atoms with E-state index in [2.05, 4.69) is 5.32 Å². The molecule has 0 heterocycles. The molecule has 24 heavy (non-hydrogen) atoms. The van der Waals surface area contributed by atoms with Crippen LogP contribution in [-0.4, -0.2) is 34.7 Å². The molecule has 2 saturated carbocycles. The second-order valence-corrected chi connectivity index (χ2v) is 7.24. The molecule has 1 atom stereocenters. The first-order valence-electron chi connectivity index (χ1n) is 8.84. The van der Waals surface area contributed by atoms with Gasteiger partial charge in [0.1, 0.15) is 11.9 Å². The molecule has 0 bridgehead atoms. The first kappa shape index (κ1) is 17.3. The van der Waals surface area contributed by atoms with Gasteiger partial charge < -0.3 is 10.2 Å². The number of carbonyl (C=O) groups excluding carboxylic acids is 2. The number of hydrogen-bond acceptors (Lipinski definition) is 2. The molecule has 2 aliphatic rings. The Labute approximate surface area is 148 Å². The van der Waals surface area contributed by atoms with Crippen LogP contribution in [0.3, 0.4) is 0 Å². The Kier molecular flexibility index (Phi) is 5.44. The zero-order chi connectivity index (χ0) is 17.1. The van der Waals surface area contributed by atoms with Crippen LogP contribution in [0, 0.1) is 6.92 Å². The number of nitrogens with one attached hydrogen (secondary N) is 1. The Bertz CT molecular complexity index is 592. The third-order valence-electron chi connectivity index (χ3n) is 4.96. The van der Waals surface area contributed by atoms with Crippen LogP contribution in [-0.2, 0) is 9.59 Å². The van der Waals surface area contributed by atoms with Gasteiger partial charge in [-0.3, -0.25) is 9.59 Å². The Balaban J connectivity index is 1.88. The quantitative estimate of drug-likeness (QED) is 0.802. The summed E-state index contributed by atoms with van der Waals surface area (Å²) in [5, 5.41) is 3.16. The summed E-state index contributed by atoms with van der Waals surface area (Å²) in [5.41, 5.74) is 2.00. The zero-order valence-corrected chi connectivity index (χ0v) is 14.9. The van der Waals surface area contributed by atoms with Crippen molar-refractivity contribution in [2.24, 2.45) is 0 Å². The highest BCUT2D eigenvalue weighted by atomic mass is 35.5. The van der Waals surface area contributed by atoms with E-state index >= 15 is 0 Å². The minimum absolute atomic E-state index is 0.0730. The van der Waals surface area contributed by atoms with E-state index in [4.69, 9.17) is 11.6 Å². The lowest BCUT2D eigenvalue weighted by Gasteiger charge is -2.32. The molecule has 0 radical (unpaired) electrons. The summed E-state index contributed by atoms with van der Waals surface area (Å²) in [6.07, 6.45) is 6.27. The maximum atomic E-state index is 13.0. The fourth-order valence-corrected chi connectivity index (χ4v) is 3.66. The fourth-order valence-electron chi connectivity index (χ4n) is 3.52. The van der Waals surface area contributed by atoms with Gasteiger partial charge >= 0.3 is 0 Å². The molecule has 1 aromatic carbocycles. The first-order chi connectivity index (χ1) is 11.6. The molecule has 2 aliphatic carbocycles. The van der Waals surface area contributed by atoms with Crippen LogP contribution >= 0.6 is 11.6 Å². The van der Waals surface area contributed by atoms with Crippen LogP contribution in [0.1, 0.15) is 55.7 Å². The molecule has 0 aromatic heterocycles. The molecular weight excluding hydrogens is 324 g/mol. The van der Waals surface area contributed by atoms with Crippen molar-refractivity contribution in [1.29, 1.82) is 0 Å². The van der Waals surface area contributed by atoms with Gasteiger partial charge in [-0.1, -0.05) is 42.7 Å². The molecule has 4 nitrogen and oxygen atoms in total. The second kappa shape index (κ2) is 7.56. The Morgan fingerprint density at radius 3 is 2.33 bits per heavy atom. The van der Waals surface area contributed by atoms with Crippen LogP contribution in [0.2, 0.25) is 0 Å². The zero-order valence-electron chi connectivity index (χ0n) is 14.1. The number of rotatable bonds is 6. The normalized spacial score (nSPS) is 19.1. The predicted octanol–water partition coefficient (Wildman–Crippen LogP) is 3.32. The average molecular weight is 349 g/mol. The van der Waals surface area contributed by atoms with Crippen molar-refractivity contribution in [2.75, 3.05) is 5.88 Å². The van der Waals surface area contributed by atoms with Gasteiger partial charge in [-0.05, 0) is 38.2 Å². The van der Waals surface area contributed by atoms with Crippen molar-refractivity contribution < 1.29 is 9.59 Å². The lowest BCUT2D eigenvalue weighted by molar-refractivity contribution is -0.140. The van der Waals surface area contributed by atoms with Crippen molar-refractivity contribution in [3.63, 3.8) is 0 Å².